The molecule has 5 heteroatoms. The maximum absolute atomic E-state index is 11.7. The maximum atomic E-state index is 11.7. The first-order valence-electron chi connectivity index (χ1n) is 7.40. The van der Waals surface area contributed by atoms with Crippen LogP contribution in [0.5, 0.6) is 0 Å². The number of hydrogen-bond donors (Lipinski definition) is 2. The first-order valence-corrected chi connectivity index (χ1v) is 7.40. The summed E-state index contributed by atoms with van der Waals surface area (Å²) >= 11 is 0. The molecule has 1 aromatic carbocycles. The number of carbonyl (C=O) groups is 2. The molecule has 1 aliphatic carbocycles. The van der Waals surface area contributed by atoms with Gasteiger partial charge in [0.1, 0.15) is 6.42 Å². The summed E-state index contributed by atoms with van der Waals surface area (Å²) in [5, 5.41) is 6.74. The van der Waals surface area contributed by atoms with Crippen LogP contribution in [0.1, 0.15) is 44.1 Å². The molecule has 5 nitrogen and oxygen atoms in total. The van der Waals surface area contributed by atoms with Crippen molar-refractivity contribution in [2.75, 3.05) is 0 Å². The fourth-order valence-electron chi connectivity index (χ4n) is 2.43. The Morgan fingerprint density at radius 3 is 2.52 bits per heavy atom. The van der Waals surface area contributed by atoms with Gasteiger partial charge in [-0.15, -0.1) is 0 Å². The van der Waals surface area contributed by atoms with Crippen molar-refractivity contribution in [2.24, 2.45) is 5.10 Å². The smallest absolute Gasteiger partial charge is 0.249 e. The topological polar surface area (TPSA) is 70.6 Å². The SMILES string of the molecule is O=C(CC(=O)NC1CCCCC1)N/N=C\c1ccccc1. The third-order valence-corrected chi connectivity index (χ3v) is 3.49. The summed E-state index contributed by atoms with van der Waals surface area (Å²) in [6.45, 7) is 0. The van der Waals surface area contributed by atoms with E-state index in [1.54, 1.807) is 6.21 Å². The lowest BCUT2D eigenvalue weighted by atomic mass is 9.95. The van der Waals surface area contributed by atoms with E-state index >= 15 is 0 Å². The molecule has 1 aliphatic rings. The molecule has 0 unspecified atom stereocenters. The van der Waals surface area contributed by atoms with E-state index in [1.165, 1.54) is 6.42 Å². The Balaban J connectivity index is 1.69. The van der Waals surface area contributed by atoms with Crippen molar-refractivity contribution >= 4 is 18.0 Å². The summed E-state index contributed by atoms with van der Waals surface area (Å²) in [5.41, 5.74) is 3.26. The maximum Gasteiger partial charge on any atom is 0.249 e. The number of amides is 2. The third kappa shape index (κ3) is 5.77. The van der Waals surface area contributed by atoms with Gasteiger partial charge in [-0.25, -0.2) is 5.43 Å². The van der Waals surface area contributed by atoms with E-state index in [-0.39, 0.29) is 18.4 Å². The molecule has 21 heavy (non-hydrogen) atoms. The lowest BCUT2D eigenvalue weighted by molar-refractivity contribution is -0.129. The van der Waals surface area contributed by atoms with E-state index in [2.05, 4.69) is 15.8 Å². The highest BCUT2D eigenvalue weighted by atomic mass is 16.2. The van der Waals surface area contributed by atoms with Gasteiger partial charge in [-0.1, -0.05) is 49.6 Å². The second-order valence-corrected chi connectivity index (χ2v) is 5.28. The van der Waals surface area contributed by atoms with Gasteiger partial charge in [0.15, 0.2) is 0 Å². The van der Waals surface area contributed by atoms with Crippen LogP contribution < -0.4 is 10.7 Å². The summed E-state index contributed by atoms with van der Waals surface area (Å²) in [7, 11) is 0. The van der Waals surface area contributed by atoms with E-state index < -0.39 is 5.91 Å². The Morgan fingerprint density at radius 1 is 1.10 bits per heavy atom. The Labute approximate surface area is 124 Å². The van der Waals surface area contributed by atoms with Crippen molar-refractivity contribution in [3.8, 4) is 0 Å². The Hall–Kier alpha value is -2.17. The standard InChI is InChI=1S/C16H21N3O2/c20-15(18-14-9-5-2-6-10-14)11-16(21)19-17-12-13-7-3-1-4-8-13/h1,3-4,7-8,12,14H,2,5-6,9-11H2,(H,18,20)(H,19,21)/b17-12-. The number of nitrogens with one attached hydrogen (secondary N) is 2. The van der Waals surface area contributed by atoms with Crippen LogP contribution in [0.15, 0.2) is 35.4 Å². The van der Waals surface area contributed by atoms with Crippen LogP contribution in [0.25, 0.3) is 0 Å². The molecule has 2 rings (SSSR count). The molecule has 0 spiro atoms. The van der Waals surface area contributed by atoms with E-state index in [0.717, 1.165) is 31.2 Å². The minimum absolute atomic E-state index is 0.178. The van der Waals surface area contributed by atoms with Crippen molar-refractivity contribution < 1.29 is 9.59 Å². The molecule has 0 bridgehead atoms. The molecular weight excluding hydrogens is 266 g/mol. The molecule has 0 aliphatic heterocycles. The van der Waals surface area contributed by atoms with Crippen LogP contribution in [0.3, 0.4) is 0 Å². The van der Waals surface area contributed by atoms with E-state index in [1.807, 2.05) is 30.3 Å². The fourth-order valence-corrected chi connectivity index (χ4v) is 2.43. The van der Waals surface area contributed by atoms with Crippen molar-refractivity contribution in [3.63, 3.8) is 0 Å². The van der Waals surface area contributed by atoms with Crippen LogP contribution in [-0.2, 0) is 9.59 Å². The first kappa shape index (κ1) is 15.2. The van der Waals surface area contributed by atoms with E-state index in [9.17, 15) is 9.59 Å². The largest absolute Gasteiger partial charge is 0.353 e. The average molecular weight is 287 g/mol. The molecule has 2 amide bonds. The summed E-state index contributed by atoms with van der Waals surface area (Å²) in [6, 6.07) is 9.68. The highest BCUT2D eigenvalue weighted by Crippen LogP contribution is 2.17. The van der Waals surface area contributed by atoms with E-state index in [4.69, 9.17) is 0 Å². The van der Waals surface area contributed by atoms with Gasteiger partial charge in [0, 0.05) is 6.04 Å². The number of benzene rings is 1. The van der Waals surface area contributed by atoms with Gasteiger partial charge < -0.3 is 5.32 Å². The lowest BCUT2D eigenvalue weighted by Crippen LogP contribution is -2.38. The third-order valence-electron chi connectivity index (χ3n) is 3.49. The lowest BCUT2D eigenvalue weighted by Gasteiger charge is -2.22. The predicted molar refractivity (Wildman–Crippen MR) is 81.8 cm³/mol. The minimum atomic E-state index is -0.393. The number of hydrazone groups is 1. The van der Waals surface area contributed by atoms with Crippen LogP contribution in [0.2, 0.25) is 0 Å². The summed E-state index contributed by atoms with van der Waals surface area (Å²) < 4.78 is 0. The van der Waals surface area contributed by atoms with E-state index in [0.29, 0.717) is 0 Å². The zero-order valence-electron chi connectivity index (χ0n) is 12.0. The van der Waals surface area contributed by atoms with Crippen LogP contribution in [-0.4, -0.2) is 24.1 Å². The molecule has 0 aromatic heterocycles. The molecular formula is C16H21N3O2. The molecule has 0 atom stereocenters. The van der Waals surface area contributed by atoms with Gasteiger partial charge >= 0.3 is 0 Å². The Bertz CT molecular complexity index is 494. The molecule has 1 fully saturated rings. The molecule has 1 saturated carbocycles. The van der Waals surface area contributed by atoms with Crippen molar-refractivity contribution in [3.05, 3.63) is 35.9 Å². The van der Waals surface area contributed by atoms with Crippen molar-refractivity contribution in [1.29, 1.82) is 0 Å². The molecule has 0 saturated heterocycles. The molecule has 112 valence electrons. The van der Waals surface area contributed by atoms with Gasteiger partial charge in [-0.2, -0.15) is 5.10 Å². The highest BCUT2D eigenvalue weighted by Gasteiger charge is 2.17. The predicted octanol–water partition coefficient (Wildman–Crippen LogP) is 1.98. The average Bonchev–Trinajstić information content (AvgIpc) is 2.49. The molecule has 2 N–H and O–H groups in total. The first-order chi connectivity index (χ1) is 10.2. The van der Waals surface area contributed by atoms with Crippen LogP contribution >= 0.6 is 0 Å². The second kappa shape index (κ2) is 8.19. The zero-order valence-corrected chi connectivity index (χ0v) is 12.0. The quantitative estimate of drug-likeness (QED) is 0.494. The fraction of sp³-hybridized carbons (Fsp3) is 0.438. The van der Waals surface area contributed by atoms with Crippen molar-refractivity contribution in [1.82, 2.24) is 10.7 Å². The number of hydrogen-bond acceptors (Lipinski definition) is 3. The van der Waals surface area contributed by atoms with Crippen molar-refractivity contribution in [2.45, 2.75) is 44.6 Å². The summed E-state index contributed by atoms with van der Waals surface area (Å²) in [4.78, 5) is 23.3. The van der Waals surface area contributed by atoms with Gasteiger partial charge in [0.2, 0.25) is 11.8 Å². The Kier molecular flexibility index (Phi) is 5.94. The van der Waals surface area contributed by atoms with Gasteiger partial charge in [-0.3, -0.25) is 9.59 Å². The molecule has 0 radical (unpaired) electrons. The number of rotatable bonds is 5. The monoisotopic (exact) mass is 287 g/mol. The zero-order chi connectivity index (χ0) is 14.9. The second-order valence-electron chi connectivity index (χ2n) is 5.28. The van der Waals surface area contributed by atoms with Crippen LogP contribution in [0, 0.1) is 0 Å². The normalized spacial score (nSPS) is 15.8. The number of nitrogens with zero attached hydrogens (tertiary/aromatic N) is 1. The van der Waals surface area contributed by atoms with Gasteiger partial charge in [-0.05, 0) is 18.4 Å². The van der Waals surface area contributed by atoms with Crippen LogP contribution in [0.4, 0.5) is 0 Å². The molecule has 1 aromatic rings. The Morgan fingerprint density at radius 2 is 1.81 bits per heavy atom. The number of carbonyl (C=O) groups excluding carboxylic acids is 2. The highest BCUT2D eigenvalue weighted by molar-refractivity contribution is 5.97. The molecule has 0 heterocycles. The summed E-state index contributed by atoms with van der Waals surface area (Å²) in [5.74, 6) is -0.621. The van der Waals surface area contributed by atoms with Gasteiger partial charge in [0.05, 0.1) is 6.21 Å². The minimum Gasteiger partial charge on any atom is -0.353 e. The van der Waals surface area contributed by atoms with Gasteiger partial charge in [0.25, 0.3) is 0 Å². The summed E-state index contributed by atoms with van der Waals surface area (Å²) in [6.07, 6.45) is 6.94.